The number of amides is 2. The van der Waals surface area contributed by atoms with Crippen LogP contribution in [-0.4, -0.2) is 23.9 Å². The van der Waals surface area contributed by atoms with Crippen molar-refractivity contribution in [2.45, 2.75) is 33.3 Å². The number of halogens is 1. The highest BCUT2D eigenvalue weighted by Crippen LogP contribution is 2.39. The van der Waals surface area contributed by atoms with Crippen LogP contribution in [0, 0.1) is 3.57 Å². The van der Waals surface area contributed by atoms with Crippen molar-refractivity contribution in [2.24, 2.45) is 0 Å². The zero-order valence-electron chi connectivity index (χ0n) is 16.5. The lowest BCUT2D eigenvalue weighted by Gasteiger charge is -2.18. The van der Waals surface area contributed by atoms with Gasteiger partial charge in [0.25, 0.3) is 11.1 Å². The van der Waals surface area contributed by atoms with Gasteiger partial charge in [0, 0.05) is 0 Å². The fourth-order valence-corrected chi connectivity index (χ4v) is 4.35. The summed E-state index contributed by atoms with van der Waals surface area (Å²) in [6.07, 6.45) is 2.68. The minimum atomic E-state index is -0.320. The van der Waals surface area contributed by atoms with E-state index in [0.717, 1.165) is 27.3 Å². The van der Waals surface area contributed by atoms with E-state index in [9.17, 15) is 9.59 Å². The van der Waals surface area contributed by atoms with Crippen molar-refractivity contribution in [1.29, 1.82) is 0 Å². The van der Waals surface area contributed by atoms with Crippen molar-refractivity contribution in [3.63, 3.8) is 0 Å². The minimum Gasteiger partial charge on any atom is -0.490 e. The van der Waals surface area contributed by atoms with Gasteiger partial charge in [0.2, 0.25) is 0 Å². The van der Waals surface area contributed by atoms with Crippen LogP contribution in [0.3, 0.4) is 0 Å². The van der Waals surface area contributed by atoms with Gasteiger partial charge in [0.05, 0.1) is 26.9 Å². The van der Waals surface area contributed by atoms with E-state index in [4.69, 9.17) is 9.47 Å². The summed E-state index contributed by atoms with van der Waals surface area (Å²) in [5, 5.41) is -0.302. The first-order chi connectivity index (χ1) is 13.9. The van der Waals surface area contributed by atoms with Gasteiger partial charge >= 0.3 is 0 Å². The highest BCUT2D eigenvalue weighted by atomic mass is 127. The Bertz CT molecular complexity index is 945. The molecule has 0 aliphatic carbocycles. The van der Waals surface area contributed by atoms with Crippen molar-refractivity contribution < 1.29 is 19.1 Å². The predicted molar refractivity (Wildman–Crippen MR) is 126 cm³/mol. The Labute approximate surface area is 188 Å². The highest BCUT2D eigenvalue weighted by molar-refractivity contribution is 14.1. The summed E-state index contributed by atoms with van der Waals surface area (Å²) < 4.78 is 12.7. The normalized spacial score (nSPS) is 16.4. The number of hydrogen-bond donors (Lipinski definition) is 0. The maximum Gasteiger partial charge on any atom is 0.298 e. The quantitative estimate of drug-likeness (QED) is 0.324. The number of carbonyl (C=O) groups is 2. The summed E-state index contributed by atoms with van der Waals surface area (Å²) in [5.41, 5.74) is 1.35. The zero-order chi connectivity index (χ0) is 21.0. The van der Waals surface area contributed by atoms with Crippen LogP contribution in [0.25, 0.3) is 6.08 Å². The third-order valence-electron chi connectivity index (χ3n) is 4.33. The molecule has 1 aliphatic heterocycles. The first kappa shape index (κ1) is 21.7. The van der Waals surface area contributed by atoms with Gasteiger partial charge in [-0.25, -0.2) is 4.90 Å². The molecule has 7 heteroatoms. The van der Waals surface area contributed by atoms with Crippen molar-refractivity contribution in [1.82, 2.24) is 0 Å². The molecule has 0 N–H and O–H groups in total. The molecule has 0 unspecified atom stereocenters. The highest BCUT2D eigenvalue weighted by Gasteiger charge is 2.36. The number of nitrogens with zero attached hydrogens (tertiary/aromatic N) is 1. The van der Waals surface area contributed by atoms with Crippen LogP contribution >= 0.6 is 34.4 Å². The van der Waals surface area contributed by atoms with Gasteiger partial charge in [-0.15, -0.1) is 0 Å². The molecule has 1 aliphatic rings. The van der Waals surface area contributed by atoms with Gasteiger partial charge in [0.1, 0.15) is 0 Å². The number of hydrogen-bond acceptors (Lipinski definition) is 5. The lowest BCUT2D eigenvalue weighted by Crippen LogP contribution is -2.27. The summed E-state index contributed by atoms with van der Waals surface area (Å²) >= 11 is 3.15. The summed E-state index contributed by atoms with van der Waals surface area (Å²) in [6.45, 7) is 6.49. The maximum atomic E-state index is 12.8. The molecule has 1 heterocycles. The number of benzene rings is 2. The first-order valence-electron chi connectivity index (χ1n) is 9.40. The topological polar surface area (TPSA) is 55.8 Å². The number of para-hydroxylation sites is 1. The molecule has 2 aromatic carbocycles. The standard InChI is InChI=1S/C22H22INO4S/c1-4-14(3)28-20-17(23)11-15(12-18(20)27-5-2)13-19-21(25)24(22(26)29-19)16-9-7-6-8-10-16/h6-14H,4-5H2,1-3H3/b19-13+/t14-/m0/s1. The minimum absolute atomic E-state index is 0.0657. The van der Waals surface area contributed by atoms with E-state index in [0.29, 0.717) is 28.7 Å². The summed E-state index contributed by atoms with van der Waals surface area (Å²) in [4.78, 5) is 26.8. The van der Waals surface area contributed by atoms with E-state index in [-0.39, 0.29) is 17.3 Å². The number of imide groups is 1. The second kappa shape index (κ2) is 9.67. The summed E-state index contributed by atoms with van der Waals surface area (Å²) in [7, 11) is 0. The smallest absolute Gasteiger partial charge is 0.298 e. The second-order valence-corrected chi connectivity index (χ2v) is 8.61. The van der Waals surface area contributed by atoms with Gasteiger partial charge in [-0.2, -0.15) is 0 Å². The zero-order valence-corrected chi connectivity index (χ0v) is 19.5. The average Bonchev–Trinajstić information content (AvgIpc) is 2.98. The van der Waals surface area contributed by atoms with Crippen LogP contribution in [-0.2, 0) is 4.79 Å². The lowest BCUT2D eigenvalue weighted by molar-refractivity contribution is -0.113. The molecular weight excluding hydrogens is 501 g/mol. The molecule has 1 atom stereocenters. The molecule has 2 aromatic rings. The van der Waals surface area contributed by atoms with Crippen molar-refractivity contribution in [3.05, 3.63) is 56.5 Å². The van der Waals surface area contributed by atoms with Crippen molar-refractivity contribution >= 4 is 57.3 Å². The number of carbonyl (C=O) groups excluding carboxylic acids is 2. The van der Waals surface area contributed by atoms with Gasteiger partial charge < -0.3 is 9.47 Å². The fraction of sp³-hybridized carbons (Fsp3) is 0.273. The molecule has 0 spiro atoms. The third-order valence-corrected chi connectivity index (χ3v) is 6.00. The first-order valence-corrected chi connectivity index (χ1v) is 11.3. The van der Waals surface area contributed by atoms with Gasteiger partial charge in [-0.1, -0.05) is 25.1 Å². The fourth-order valence-electron chi connectivity index (χ4n) is 2.75. The van der Waals surface area contributed by atoms with E-state index >= 15 is 0 Å². The number of rotatable bonds is 7. The van der Waals surface area contributed by atoms with Gasteiger partial charge in [-0.3, -0.25) is 9.59 Å². The van der Waals surface area contributed by atoms with E-state index in [1.165, 1.54) is 4.90 Å². The monoisotopic (exact) mass is 523 g/mol. The van der Waals surface area contributed by atoms with E-state index in [1.807, 2.05) is 32.0 Å². The summed E-state index contributed by atoms with van der Waals surface area (Å²) in [6, 6.07) is 12.7. The summed E-state index contributed by atoms with van der Waals surface area (Å²) in [5.74, 6) is 1.02. The molecule has 3 rings (SSSR count). The van der Waals surface area contributed by atoms with E-state index in [1.54, 1.807) is 30.3 Å². The van der Waals surface area contributed by atoms with Gasteiger partial charge in [0.15, 0.2) is 11.5 Å². The van der Waals surface area contributed by atoms with Crippen LogP contribution in [0.1, 0.15) is 32.8 Å². The largest absolute Gasteiger partial charge is 0.490 e. The van der Waals surface area contributed by atoms with Crippen LogP contribution in [0.4, 0.5) is 10.5 Å². The molecule has 0 saturated carbocycles. The van der Waals surface area contributed by atoms with Crippen LogP contribution in [0.2, 0.25) is 0 Å². The van der Waals surface area contributed by atoms with E-state index < -0.39 is 0 Å². The molecule has 5 nitrogen and oxygen atoms in total. The Balaban J connectivity index is 1.94. The molecule has 29 heavy (non-hydrogen) atoms. The molecule has 1 fully saturated rings. The lowest BCUT2D eigenvalue weighted by atomic mass is 10.1. The molecule has 0 aromatic heterocycles. The molecule has 2 amide bonds. The number of anilines is 1. The van der Waals surface area contributed by atoms with Crippen molar-refractivity contribution in [3.8, 4) is 11.5 Å². The Morgan fingerprint density at radius 2 is 1.90 bits per heavy atom. The van der Waals surface area contributed by atoms with Crippen LogP contribution in [0.5, 0.6) is 11.5 Å². The molecule has 0 radical (unpaired) electrons. The van der Waals surface area contributed by atoms with Crippen molar-refractivity contribution in [2.75, 3.05) is 11.5 Å². The average molecular weight is 523 g/mol. The Hall–Kier alpha value is -2.00. The molecule has 1 saturated heterocycles. The third kappa shape index (κ3) is 4.95. The Morgan fingerprint density at radius 3 is 2.55 bits per heavy atom. The predicted octanol–water partition coefficient (Wildman–Crippen LogP) is 6.11. The second-order valence-electron chi connectivity index (χ2n) is 6.45. The number of ether oxygens (including phenoxy) is 2. The number of thioether (sulfide) groups is 1. The van der Waals surface area contributed by atoms with Crippen LogP contribution < -0.4 is 14.4 Å². The maximum absolute atomic E-state index is 12.8. The van der Waals surface area contributed by atoms with Gasteiger partial charge in [-0.05, 0) is 90.5 Å². The van der Waals surface area contributed by atoms with Crippen LogP contribution in [0.15, 0.2) is 47.4 Å². The Kier molecular flexibility index (Phi) is 7.23. The SMILES string of the molecule is CCOc1cc(/C=C2/SC(=O)N(c3ccccc3)C2=O)cc(I)c1O[C@@H](C)CC. The molecular formula is C22H22INO4S. The van der Waals surface area contributed by atoms with E-state index in [2.05, 4.69) is 29.5 Å². The molecule has 152 valence electrons. The Morgan fingerprint density at radius 1 is 1.17 bits per heavy atom. The molecule has 0 bridgehead atoms.